The summed E-state index contributed by atoms with van der Waals surface area (Å²) in [5.74, 6) is -1.26. The Labute approximate surface area is 248 Å². The molecule has 3 aromatic rings. The summed E-state index contributed by atoms with van der Waals surface area (Å²) in [6, 6.07) is 11.7. The van der Waals surface area contributed by atoms with Crippen LogP contribution >= 0.6 is 0 Å². The largest absolute Gasteiger partial charge is 0.493 e. The standard InChI is InChI=1S/C31H35N5O7/c1-18(37)26-30(41)32-13-6-5-9-22(33-27(38)21-10-11-25-20(16-21)12-14-42-25)28(39)34-23(15-19-7-3-2-4-8-19)31-35-24(17-43-31)29(40)36-26/h2-4,7-8,10-11,16-18,22-23,26,37H,5-6,9,12-15H2,1H3,(H,32,41)(H,33,38)(H,34,39)(H,36,40)/t18-,22+,23+,26+/m1/s1. The molecule has 3 heterocycles. The third-order valence-corrected chi connectivity index (χ3v) is 7.50. The number of oxazole rings is 1. The van der Waals surface area contributed by atoms with Crippen molar-refractivity contribution in [3.05, 3.63) is 83.1 Å². The molecule has 4 atom stereocenters. The number of benzene rings is 2. The summed E-state index contributed by atoms with van der Waals surface area (Å²) in [5, 5.41) is 21.2. The fraction of sp³-hybridized carbons (Fsp3) is 0.387. The highest BCUT2D eigenvalue weighted by atomic mass is 16.5. The van der Waals surface area contributed by atoms with Crippen LogP contribution in [0.5, 0.6) is 5.75 Å². The lowest BCUT2D eigenvalue weighted by Crippen LogP contribution is -2.52. The zero-order valence-corrected chi connectivity index (χ0v) is 23.8. The molecule has 4 amide bonds. The summed E-state index contributed by atoms with van der Waals surface area (Å²) in [6.45, 7) is 2.21. The summed E-state index contributed by atoms with van der Waals surface area (Å²) >= 11 is 0. The molecule has 1 aromatic heterocycles. The van der Waals surface area contributed by atoms with Crippen LogP contribution in [-0.2, 0) is 22.4 Å². The van der Waals surface area contributed by atoms with E-state index in [0.717, 1.165) is 23.1 Å². The Morgan fingerprint density at radius 2 is 1.91 bits per heavy atom. The van der Waals surface area contributed by atoms with Crippen LogP contribution < -0.4 is 26.0 Å². The van der Waals surface area contributed by atoms with E-state index in [-0.39, 0.29) is 18.1 Å². The van der Waals surface area contributed by atoms with Crippen molar-refractivity contribution in [2.45, 2.75) is 63.3 Å². The Kier molecular flexibility index (Phi) is 9.35. The number of aliphatic hydroxyl groups is 1. The number of aromatic nitrogens is 1. The van der Waals surface area contributed by atoms with E-state index in [4.69, 9.17) is 9.15 Å². The molecule has 2 aliphatic rings. The van der Waals surface area contributed by atoms with Crippen molar-refractivity contribution in [1.82, 2.24) is 26.3 Å². The maximum absolute atomic E-state index is 13.7. The van der Waals surface area contributed by atoms with Gasteiger partial charge in [0, 0.05) is 24.9 Å². The Morgan fingerprint density at radius 3 is 2.70 bits per heavy atom. The zero-order valence-electron chi connectivity index (χ0n) is 23.8. The SMILES string of the molecule is C[C@@H](O)[C@@H]1NC(=O)c2coc(n2)[C@H](Cc2ccccc2)NC(=O)[C@@H](NC(=O)c2ccc3c(c2)CCO3)CCCCNC1=O. The number of nitrogens with one attached hydrogen (secondary N) is 4. The third-order valence-electron chi connectivity index (χ3n) is 7.50. The average molecular weight is 590 g/mol. The van der Waals surface area contributed by atoms with Gasteiger partial charge in [-0.1, -0.05) is 30.3 Å². The van der Waals surface area contributed by atoms with E-state index < -0.39 is 47.9 Å². The number of nitrogens with zero attached hydrogens (tertiary/aromatic N) is 1. The van der Waals surface area contributed by atoms with Crippen molar-refractivity contribution in [1.29, 1.82) is 0 Å². The van der Waals surface area contributed by atoms with Gasteiger partial charge in [-0.25, -0.2) is 4.98 Å². The van der Waals surface area contributed by atoms with Crippen molar-refractivity contribution in [2.24, 2.45) is 0 Å². The van der Waals surface area contributed by atoms with Gasteiger partial charge in [0.05, 0.1) is 12.7 Å². The minimum Gasteiger partial charge on any atom is -0.493 e. The van der Waals surface area contributed by atoms with Crippen LogP contribution in [0.1, 0.15) is 70.1 Å². The van der Waals surface area contributed by atoms with Gasteiger partial charge >= 0.3 is 0 Å². The van der Waals surface area contributed by atoms with Crippen LogP contribution in [0, 0.1) is 0 Å². The highest BCUT2D eigenvalue weighted by Gasteiger charge is 2.30. The highest BCUT2D eigenvalue weighted by molar-refractivity contribution is 5.98. The molecule has 5 rings (SSSR count). The van der Waals surface area contributed by atoms with Crippen LogP contribution in [0.2, 0.25) is 0 Å². The fourth-order valence-corrected chi connectivity index (χ4v) is 5.13. The Bertz CT molecular complexity index is 1470. The molecule has 0 radical (unpaired) electrons. The Morgan fingerprint density at radius 1 is 1.09 bits per heavy atom. The first kappa shape index (κ1) is 29.8. The van der Waals surface area contributed by atoms with Crippen molar-refractivity contribution in [2.75, 3.05) is 13.2 Å². The van der Waals surface area contributed by atoms with Gasteiger partial charge < -0.3 is 35.5 Å². The van der Waals surface area contributed by atoms with E-state index in [0.29, 0.717) is 44.3 Å². The van der Waals surface area contributed by atoms with E-state index in [2.05, 4.69) is 26.3 Å². The minimum absolute atomic E-state index is 0.0798. The summed E-state index contributed by atoms with van der Waals surface area (Å²) in [7, 11) is 0. The second-order valence-corrected chi connectivity index (χ2v) is 10.7. The van der Waals surface area contributed by atoms with Gasteiger partial charge in [-0.15, -0.1) is 0 Å². The molecule has 0 saturated heterocycles. The van der Waals surface area contributed by atoms with Crippen LogP contribution in [0.15, 0.2) is 59.2 Å². The second-order valence-electron chi connectivity index (χ2n) is 10.7. The lowest BCUT2D eigenvalue weighted by atomic mass is 10.0. The molecule has 0 saturated carbocycles. The predicted octanol–water partition coefficient (Wildman–Crippen LogP) is 1.59. The number of carbonyl (C=O) groups excluding carboxylic acids is 4. The van der Waals surface area contributed by atoms with E-state index >= 15 is 0 Å². The van der Waals surface area contributed by atoms with Crippen molar-refractivity contribution >= 4 is 23.6 Å². The van der Waals surface area contributed by atoms with E-state index in [9.17, 15) is 24.3 Å². The molecule has 0 spiro atoms. The molecule has 2 aliphatic heterocycles. The highest BCUT2D eigenvalue weighted by Crippen LogP contribution is 2.26. The summed E-state index contributed by atoms with van der Waals surface area (Å²) in [6.07, 6.45) is 2.28. The van der Waals surface area contributed by atoms with Gasteiger partial charge in [0.15, 0.2) is 5.69 Å². The average Bonchev–Trinajstić information content (AvgIpc) is 3.68. The maximum Gasteiger partial charge on any atom is 0.273 e. The van der Waals surface area contributed by atoms with E-state index in [1.54, 1.807) is 18.2 Å². The minimum atomic E-state index is -1.20. The molecule has 0 fully saturated rings. The smallest absolute Gasteiger partial charge is 0.273 e. The van der Waals surface area contributed by atoms with Gasteiger partial charge in [-0.3, -0.25) is 19.2 Å². The molecule has 43 heavy (non-hydrogen) atoms. The van der Waals surface area contributed by atoms with Gasteiger partial charge in [0.2, 0.25) is 17.7 Å². The second kappa shape index (κ2) is 13.5. The number of hydrogen-bond donors (Lipinski definition) is 5. The first-order valence-corrected chi connectivity index (χ1v) is 14.4. The summed E-state index contributed by atoms with van der Waals surface area (Å²) in [5.41, 5.74) is 2.13. The molecular formula is C31H35N5O7. The molecule has 12 nitrogen and oxygen atoms in total. The van der Waals surface area contributed by atoms with Gasteiger partial charge in [-0.2, -0.15) is 0 Å². The Balaban J connectivity index is 1.42. The van der Waals surface area contributed by atoms with Crippen LogP contribution in [0.3, 0.4) is 0 Å². The molecule has 2 aromatic carbocycles. The van der Waals surface area contributed by atoms with Crippen molar-refractivity contribution in [3.8, 4) is 5.75 Å². The predicted molar refractivity (Wildman–Crippen MR) is 154 cm³/mol. The molecule has 226 valence electrons. The quantitative estimate of drug-likeness (QED) is 0.299. The van der Waals surface area contributed by atoms with E-state index in [1.807, 2.05) is 30.3 Å². The number of rotatable bonds is 5. The van der Waals surface area contributed by atoms with Crippen LogP contribution in [-0.4, -0.2) is 65.1 Å². The van der Waals surface area contributed by atoms with E-state index in [1.165, 1.54) is 6.92 Å². The molecule has 0 unspecified atom stereocenters. The van der Waals surface area contributed by atoms with Gasteiger partial charge in [-0.05, 0) is 55.5 Å². The number of ether oxygens (including phenoxy) is 1. The van der Waals surface area contributed by atoms with Crippen LogP contribution in [0.25, 0.3) is 0 Å². The zero-order chi connectivity index (χ0) is 30.3. The molecule has 5 N–H and O–H groups in total. The monoisotopic (exact) mass is 589 g/mol. The number of hydrogen-bond acceptors (Lipinski definition) is 8. The van der Waals surface area contributed by atoms with Gasteiger partial charge in [0.1, 0.15) is 30.1 Å². The molecule has 12 heteroatoms. The molecular weight excluding hydrogens is 554 g/mol. The Hall–Kier alpha value is -4.71. The normalized spacial score (nSPS) is 21.9. The summed E-state index contributed by atoms with van der Waals surface area (Å²) < 4.78 is 11.2. The van der Waals surface area contributed by atoms with Gasteiger partial charge in [0.25, 0.3) is 11.8 Å². The number of amides is 4. The number of fused-ring (bicyclic) bond motifs is 3. The third kappa shape index (κ3) is 7.39. The lowest BCUT2D eigenvalue weighted by Gasteiger charge is -2.23. The number of aliphatic hydroxyl groups excluding tert-OH is 1. The topological polar surface area (TPSA) is 172 Å². The summed E-state index contributed by atoms with van der Waals surface area (Å²) in [4.78, 5) is 57.0. The van der Waals surface area contributed by atoms with Crippen molar-refractivity contribution < 1.29 is 33.4 Å². The van der Waals surface area contributed by atoms with Crippen LogP contribution in [0.4, 0.5) is 0 Å². The molecule has 2 bridgehead atoms. The van der Waals surface area contributed by atoms with Crippen molar-refractivity contribution in [3.63, 3.8) is 0 Å². The first-order chi connectivity index (χ1) is 20.8. The molecule has 0 aliphatic carbocycles. The number of carbonyl (C=O) groups is 4. The fourth-order valence-electron chi connectivity index (χ4n) is 5.13. The first-order valence-electron chi connectivity index (χ1n) is 14.4. The maximum atomic E-state index is 13.7. The lowest BCUT2D eigenvalue weighted by molar-refractivity contribution is -0.125.